The molecule has 3 aromatic carbocycles. The smallest absolute Gasteiger partial charge is 0.295 e. The molecule has 238 valence electrons. The number of rotatable bonds is 12. The number of aryl methyl sites for hydroxylation is 1. The van der Waals surface area contributed by atoms with Crippen LogP contribution in [0, 0.1) is 6.92 Å². The molecule has 0 radical (unpaired) electrons. The lowest BCUT2D eigenvalue weighted by Crippen LogP contribution is -2.39. The molecule has 5 rings (SSSR count). The van der Waals surface area contributed by atoms with Gasteiger partial charge in [-0.2, -0.15) is 0 Å². The molecule has 2 saturated heterocycles. The van der Waals surface area contributed by atoms with Crippen molar-refractivity contribution in [2.45, 2.75) is 26.0 Å². The molecule has 1 amide bonds. The lowest BCUT2D eigenvalue weighted by molar-refractivity contribution is -0.140. The van der Waals surface area contributed by atoms with Crippen molar-refractivity contribution in [1.82, 2.24) is 9.80 Å². The summed E-state index contributed by atoms with van der Waals surface area (Å²) in [7, 11) is 4.52. The van der Waals surface area contributed by atoms with E-state index in [1.54, 1.807) is 30.3 Å². The van der Waals surface area contributed by atoms with Gasteiger partial charge in [0.2, 0.25) is 5.75 Å². The van der Waals surface area contributed by atoms with E-state index >= 15 is 0 Å². The Labute approximate surface area is 263 Å². The number of ketones is 1. The molecule has 0 bridgehead atoms. The van der Waals surface area contributed by atoms with E-state index in [2.05, 4.69) is 4.90 Å². The Hall–Kier alpha value is -4.54. The number of carbonyl (C=O) groups excluding carboxylic acids is 2. The molecule has 0 spiro atoms. The first-order chi connectivity index (χ1) is 21.9. The lowest BCUT2D eigenvalue weighted by Gasteiger charge is -2.29. The fourth-order valence-electron chi connectivity index (χ4n) is 5.86. The van der Waals surface area contributed by atoms with Crippen LogP contribution in [0.1, 0.15) is 34.7 Å². The number of methoxy groups -OCH3 is 3. The van der Waals surface area contributed by atoms with E-state index in [9.17, 15) is 14.7 Å². The summed E-state index contributed by atoms with van der Waals surface area (Å²) in [4.78, 5) is 31.1. The van der Waals surface area contributed by atoms with Crippen molar-refractivity contribution in [2.75, 3.05) is 60.7 Å². The first kappa shape index (κ1) is 31.9. The second kappa shape index (κ2) is 14.5. The van der Waals surface area contributed by atoms with Crippen LogP contribution >= 0.6 is 0 Å². The molecule has 0 aromatic heterocycles. The van der Waals surface area contributed by atoms with Crippen molar-refractivity contribution in [3.63, 3.8) is 0 Å². The normalized spacial score (nSPS) is 18.2. The number of carbonyl (C=O) groups is 2. The van der Waals surface area contributed by atoms with Crippen LogP contribution < -0.4 is 18.9 Å². The highest BCUT2D eigenvalue weighted by Gasteiger charge is 2.46. The third-order valence-corrected chi connectivity index (χ3v) is 8.21. The number of Topliss-reactive ketones (excluding diaryl/α,β-unsaturated/α-hetero) is 1. The molecule has 2 fully saturated rings. The Morgan fingerprint density at radius 2 is 1.58 bits per heavy atom. The number of nitrogens with zero attached hydrogens (tertiary/aromatic N) is 2. The van der Waals surface area contributed by atoms with Crippen LogP contribution in [-0.2, 0) is 20.9 Å². The number of ether oxygens (including phenoxy) is 5. The zero-order chi connectivity index (χ0) is 31.9. The molecule has 10 heteroatoms. The molecule has 1 N–H and O–H groups in total. The van der Waals surface area contributed by atoms with Gasteiger partial charge in [-0.3, -0.25) is 14.5 Å². The van der Waals surface area contributed by atoms with Crippen LogP contribution in [0.4, 0.5) is 0 Å². The van der Waals surface area contributed by atoms with Crippen LogP contribution in [0.5, 0.6) is 23.0 Å². The highest BCUT2D eigenvalue weighted by molar-refractivity contribution is 6.46. The predicted octanol–water partition coefficient (Wildman–Crippen LogP) is 4.74. The van der Waals surface area contributed by atoms with Gasteiger partial charge >= 0.3 is 0 Å². The largest absolute Gasteiger partial charge is 0.507 e. The van der Waals surface area contributed by atoms with Crippen molar-refractivity contribution < 1.29 is 38.4 Å². The standard InChI is InChI=1S/C35H40N2O8/c1-23-19-25(11-12-27(23)45-22-24-9-6-5-7-10-24)32(38)30-31(26-20-28(41-2)34(43-4)29(21-26)42-3)37(35(40)33(30)39)14-8-13-36-15-17-44-18-16-36/h5-7,9-12,19-21,31,38H,8,13-18,22H2,1-4H3/t31-/m0/s1. The average molecular weight is 617 g/mol. The zero-order valence-corrected chi connectivity index (χ0v) is 26.2. The number of morpholine rings is 1. The van der Waals surface area contributed by atoms with E-state index in [-0.39, 0.29) is 11.3 Å². The fourth-order valence-corrected chi connectivity index (χ4v) is 5.86. The quantitative estimate of drug-likeness (QED) is 0.175. The van der Waals surface area contributed by atoms with Crippen molar-refractivity contribution in [3.8, 4) is 23.0 Å². The highest BCUT2D eigenvalue weighted by atomic mass is 16.5. The van der Waals surface area contributed by atoms with Crippen LogP contribution in [0.3, 0.4) is 0 Å². The summed E-state index contributed by atoms with van der Waals surface area (Å²) >= 11 is 0. The summed E-state index contributed by atoms with van der Waals surface area (Å²) in [6.45, 7) is 6.31. The van der Waals surface area contributed by atoms with Crippen LogP contribution in [-0.4, -0.2) is 87.3 Å². The number of hydrogen-bond acceptors (Lipinski definition) is 9. The predicted molar refractivity (Wildman–Crippen MR) is 169 cm³/mol. The molecule has 1 atom stereocenters. The first-order valence-electron chi connectivity index (χ1n) is 15.0. The maximum atomic E-state index is 13.7. The molecular weight excluding hydrogens is 576 g/mol. The fraction of sp³-hybridized carbons (Fsp3) is 0.371. The van der Waals surface area contributed by atoms with E-state index in [4.69, 9.17) is 23.7 Å². The summed E-state index contributed by atoms with van der Waals surface area (Å²) in [6, 6.07) is 17.6. The van der Waals surface area contributed by atoms with Gasteiger partial charge in [0.05, 0.1) is 46.2 Å². The Morgan fingerprint density at radius 1 is 0.889 bits per heavy atom. The minimum Gasteiger partial charge on any atom is -0.507 e. The van der Waals surface area contributed by atoms with Gasteiger partial charge in [-0.1, -0.05) is 30.3 Å². The molecule has 0 saturated carbocycles. The second-order valence-corrected chi connectivity index (χ2v) is 11.0. The lowest BCUT2D eigenvalue weighted by atomic mass is 9.94. The van der Waals surface area contributed by atoms with Crippen molar-refractivity contribution in [1.29, 1.82) is 0 Å². The van der Waals surface area contributed by atoms with E-state index in [1.807, 2.05) is 37.3 Å². The second-order valence-electron chi connectivity index (χ2n) is 11.0. The van der Waals surface area contributed by atoms with Gasteiger partial charge in [0, 0.05) is 31.7 Å². The Morgan fingerprint density at radius 3 is 2.20 bits per heavy atom. The third-order valence-electron chi connectivity index (χ3n) is 8.21. The first-order valence-corrected chi connectivity index (χ1v) is 15.0. The van der Waals surface area contributed by atoms with Gasteiger partial charge in [-0.25, -0.2) is 0 Å². The highest BCUT2D eigenvalue weighted by Crippen LogP contribution is 2.46. The van der Waals surface area contributed by atoms with Crippen molar-refractivity contribution in [2.24, 2.45) is 0 Å². The van der Waals surface area contributed by atoms with Gasteiger partial charge in [0.15, 0.2) is 11.5 Å². The van der Waals surface area contributed by atoms with Gasteiger partial charge in [-0.15, -0.1) is 0 Å². The number of hydrogen-bond donors (Lipinski definition) is 1. The number of aliphatic hydroxyl groups excluding tert-OH is 1. The van der Waals surface area contributed by atoms with E-state index in [0.29, 0.717) is 66.9 Å². The maximum absolute atomic E-state index is 13.7. The SMILES string of the molecule is COc1cc([C@H]2C(=C(O)c3ccc(OCc4ccccc4)c(C)c3)C(=O)C(=O)N2CCCN2CCOCC2)cc(OC)c1OC. The Balaban J connectivity index is 1.51. The molecule has 2 aliphatic heterocycles. The number of aliphatic hydroxyl groups is 1. The van der Waals surface area contributed by atoms with Gasteiger partial charge < -0.3 is 33.7 Å². The Kier molecular flexibility index (Phi) is 10.3. The molecule has 3 aromatic rings. The third kappa shape index (κ3) is 6.92. The summed E-state index contributed by atoms with van der Waals surface area (Å²) in [6.07, 6.45) is 0.639. The van der Waals surface area contributed by atoms with E-state index in [1.165, 1.54) is 26.2 Å². The van der Waals surface area contributed by atoms with Gasteiger partial charge in [-0.05, 0) is 60.4 Å². The van der Waals surface area contributed by atoms with E-state index < -0.39 is 17.7 Å². The molecule has 0 aliphatic carbocycles. The average Bonchev–Trinajstić information content (AvgIpc) is 3.32. The maximum Gasteiger partial charge on any atom is 0.295 e. The minimum atomic E-state index is -0.877. The Bertz CT molecular complexity index is 1520. The summed E-state index contributed by atoms with van der Waals surface area (Å²) in [5.41, 5.74) is 2.76. The van der Waals surface area contributed by atoms with Crippen molar-refractivity contribution in [3.05, 3.63) is 88.5 Å². The van der Waals surface area contributed by atoms with Gasteiger partial charge in [0.1, 0.15) is 18.1 Å². The molecular formula is C35H40N2O8. The van der Waals surface area contributed by atoms with E-state index in [0.717, 1.165) is 30.8 Å². The summed E-state index contributed by atoms with van der Waals surface area (Å²) in [5, 5.41) is 11.7. The molecule has 2 heterocycles. The molecule has 10 nitrogen and oxygen atoms in total. The van der Waals surface area contributed by atoms with Crippen LogP contribution in [0.15, 0.2) is 66.2 Å². The molecule has 2 aliphatic rings. The number of amides is 1. The monoisotopic (exact) mass is 616 g/mol. The zero-order valence-electron chi connectivity index (χ0n) is 26.2. The van der Waals surface area contributed by atoms with Crippen molar-refractivity contribution >= 4 is 17.4 Å². The number of likely N-dealkylation sites (tertiary alicyclic amines) is 1. The summed E-state index contributed by atoms with van der Waals surface area (Å²) < 4.78 is 28.2. The number of benzene rings is 3. The summed E-state index contributed by atoms with van der Waals surface area (Å²) in [5.74, 6) is 0.106. The topological polar surface area (TPSA) is 107 Å². The molecule has 45 heavy (non-hydrogen) atoms. The van der Waals surface area contributed by atoms with Crippen LogP contribution in [0.2, 0.25) is 0 Å². The molecule has 0 unspecified atom stereocenters. The van der Waals surface area contributed by atoms with Gasteiger partial charge in [0.25, 0.3) is 11.7 Å². The minimum absolute atomic E-state index is 0.00185. The van der Waals surface area contributed by atoms with Crippen LogP contribution in [0.25, 0.3) is 5.76 Å².